The number of carbonyl (C=O) groups is 1. The van der Waals surface area contributed by atoms with E-state index in [0.29, 0.717) is 6.54 Å². The Morgan fingerprint density at radius 3 is 2.56 bits per heavy atom. The molecule has 0 spiro atoms. The highest BCUT2D eigenvalue weighted by atomic mass is 16.6. The molecule has 0 bridgehead atoms. The lowest BCUT2D eigenvalue weighted by Gasteiger charge is -2.05. The van der Waals surface area contributed by atoms with Crippen LogP contribution in [0.5, 0.6) is 5.75 Å². The molecule has 32 heavy (non-hydrogen) atoms. The summed E-state index contributed by atoms with van der Waals surface area (Å²) in [6.45, 7) is 0.323. The van der Waals surface area contributed by atoms with Gasteiger partial charge in [0.15, 0.2) is 12.4 Å². The van der Waals surface area contributed by atoms with Crippen LogP contribution in [0, 0.1) is 10.1 Å². The summed E-state index contributed by atoms with van der Waals surface area (Å²) < 4.78 is 7.40. The molecule has 4 aromatic rings. The van der Waals surface area contributed by atoms with E-state index in [1.165, 1.54) is 23.8 Å². The molecular weight excluding hydrogens is 408 g/mol. The maximum absolute atomic E-state index is 12.1. The predicted molar refractivity (Wildman–Crippen MR) is 122 cm³/mol. The normalized spacial score (nSPS) is 11.0. The number of fused-ring (bicyclic) bond motifs is 1. The number of nitro benzene ring substituents is 1. The highest BCUT2D eigenvalue weighted by Crippen LogP contribution is 2.25. The average molecular weight is 428 g/mol. The zero-order valence-electron chi connectivity index (χ0n) is 17.0. The molecule has 1 amide bonds. The van der Waals surface area contributed by atoms with E-state index in [4.69, 9.17) is 4.74 Å². The first-order valence-electron chi connectivity index (χ1n) is 9.92. The number of hydrazone groups is 1. The van der Waals surface area contributed by atoms with Crippen LogP contribution in [-0.2, 0) is 11.3 Å². The van der Waals surface area contributed by atoms with Crippen LogP contribution < -0.4 is 10.2 Å². The van der Waals surface area contributed by atoms with E-state index in [1.807, 2.05) is 48.7 Å². The number of nitrogens with zero attached hydrogens (tertiary/aromatic N) is 3. The van der Waals surface area contributed by atoms with Gasteiger partial charge in [-0.3, -0.25) is 14.9 Å². The molecule has 0 fully saturated rings. The van der Waals surface area contributed by atoms with Crippen molar-refractivity contribution < 1.29 is 14.5 Å². The van der Waals surface area contributed by atoms with E-state index in [2.05, 4.69) is 27.2 Å². The second-order valence-electron chi connectivity index (χ2n) is 7.02. The fraction of sp³-hybridized carbons (Fsp3) is 0.0833. The quantitative estimate of drug-likeness (QED) is 0.259. The highest BCUT2D eigenvalue weighted by Gasteiger charge is 2.14. The number of carbonyl (C=O) groups excluding carboxylic acids is 1. The van der Waals surface area contributed by atoms with Crippen molar-refractivity contribution in [2.75, 3.05) is 6.61 Å². The number of amides is 1. The number of para-hydroxylation sites is 3. The zero-order chi connectivity index (χ0) is 22.3. The Labute approximate surface area is 183 Å². The van der Waals surface area contributed by atoms with Crippen LogP contribution in [0.4, 0.5) is 5.69 Å². The first-order chi connectivity index (χ1) is 15.6. The van der Waals surface area contributed by atoms with Gasteiger partial charge in [-0.2, -0.15) is 5.10 Å². The summed E-state index contributed by atoms with van der Waals surface area (Å²) in [4.78, 5) is 22.5. The van der Waals surface area contributed by atoms with Crippen LogP contribution in [0.1, 0.15) is 11.1 Å². The van der Waals surface area contributed by atoms with Crippen LogP contribution in [-0.4, -0.2) is 28.2 Å². The molecule has 8 heteroatoms. The summed E-state index contributed by atoms with van der Waals surface area (Å²) in [7, 11) is 0. The smallest absolute Gasteiger partial charge is 0.310 e. The lowest BCUT2D eigenvalue weighted by atomic mass is 10.2. The molecule has 1 N–H and O–H groups in total. The molecule has 0 aliphatic heterocycles. The molecule has 4 rings (SSSR count). The fourth-order valence-electron chi connectivity index (χ4n) is 3.37. The van der Waals surface area contributed by atoms with Gasteiger partial charge in [0, 0.05) is 35.3 Å². The number of nitro groups is 1. The summed E-state index contributed by atoms with van der Waals surface area (Å²) in [6.07, 6.45) is 3.56. The van der Waals surface area contributed by atoms with E-state index in [1.54, 1.807) is 12.3 Å². The van der Waals surface area contributed by atoms with Crippen LogP contribution in [0.2, 0.25) is 0 Å². The molecule has 8 nitrogen and oxygen atoms in total. The highest BCUT2D eigenvalue weighted by molar-refractivity contribution is 5.99. The van der Waals surface area contributed by atoms with Crippen molar-refractivity contribution in [3.05, 3.63) is 106 Å². The molecule has 3 aromatic carbocycles. The zero-order valence-corrected chi connectivity index (χ0v) is 17.0. The Balaban J connectivity index is 1.43. The summed E-state index contributed by atoms with van der Waals surface area (Å²) in [5.41, 5.74) is 5.30. The van der Waals surface area contributed by atoms with Gasteiger partial charge >= 0.3 is 5.69 Å². The van der Waals surface area contributed by atoms with Gasteiger partial charge < -0.3 is 9.30 Å². The van der Waals surface area contributed by atoms with E-state index < -0.39 is 17.4 Å². The molecule has 0 saturated carbocycles. The van der Waals surface area contributed by atoms with Gasteiger partial charge in [0.2, 0.25) is 0 Å². The fourth-order valence-corrected chi connectivity index (χ4v) is 3.37. The van der Waals surface area contributed by atoms with Crippen molar-refractivity contribution in [1.29, 1.82) is 0 Å². The predicted octanol–water partition coefficient (Wildman–Crippen LogP) is 4.13. The molecular formula is C24H20N4O4. The lowest BCUT2D eigenvalue weighted by Crippen LogP contribution is -2.24. The molecule has 1 aromatic heterocycles. The Kier molecular flexibility index (Phi) is 6.22. The standard InChI is InChI=1S/C24H20N4O4/c29-24(17-32-23-13-7-6-12-22(23)28(30)31)26-25-14-19-16-27(15-18-8-2-1-3-9-18)21-11-5-4-10-20(19)21/h1-14,16H,15,17H2,(H,26,29)/b25-14+. The number of rotatable bonds is 8. The Bertz CT molecular complexity index is 1280. The molecule has 0 saturated heterocycles. The summed E-state index contributed by atoms with van der Waals surface area (Å²) >= 11 is 0. The van der Waals surface area contributed by atoms with Crippen molar-refractivity contribution in [2.45, 2.75) is 6.54 Å². The molecule has 1 heterocycles. The molecule has 160 valence electrons. The minimum Gasteiger partial charge on any atom is -0.477 e. The number of ether oxygens (including phenoxy) is 1. The monoisotopic (exact) mass is 428 g/mol. The van der Waals surface area contributed by atoms with E-state index in [9.17, 15) is 14.9 Å². The second-order valence-corrected chi connectivity index (χ2v) is 7.02. The van der Waals surface area contributed by atoms with Gasteiger partial charge in [0.05, 0.1) is 11.1 Å². The third kappa shape index (κ3) is 4.81. The van der Waals surface area contributed by atoms with Crippen LogP contribution >= 0.6 is 0 Å². The molecule has 0 aliphatic carbocycles. The Morgan fingerprint density at radius 2 is 1.75 bits per heavy atom. The minimum absolute atomic E-state index is 0.0283. The van der Waals surface area contributed by atoms with E-state index in [-0.39, 0.29) is 11.4 Å². The van der Waals surface area contributed by atoms with Gasteiger partial charge in [-0.05, 0) is 17.7 Å². The van der Waals surface area contributed by atoms with Gasteiger partial charge in [-0.15, -0.1) is 0 Å². The third-order valence-electron chi connectivity index (χ3n) is 4.83. The van der Waals surface area contributed by atoms with E-state index in [0.717, 1.165) is 16.5 Å². The first-order valence-corrected chi connectivity index (χ1v) is 9.92. The van der Waals surface area contributed by atoms with Crippen molar-refractivity contribution in [3.8, 4) is 5.75 Å². The number of hydrogen-bond acceptors (Lipinski definition) is 5. The van der Waals surface area contributed by atoms with Crippen molar-refractivity contribution >= 4 is 28.7 Å². The topological polar surface area (TPSA) is 98.8 Å². The van der Waals surface area contributed by atoms with Crippen LogP contribution in [0.15, 0.2) is 90.2 Å². The minimum atomic E-state index is -0.559. The Hall–Kier alpha value is -4.46. The molecule has 0 unspecified atom stereocenters. The second kappa shape index (κ2) is 9.57. The Morgan fingerprint density at radius 1 is 1.03 bits per heavy atom. The first kappa shape index (κ1) is 20.8. The van der Waals surface area contributed by atoms with Crippen molar-refractivity contribution in [3.63, 3.8) is 0 Å². The summed E-state index contributed by atoms with van der Waals surface area (Å²) in [5, 5.41) is 16.1. The van der Waals surface area contributed by atoms with Crippen molar-refractivity contribution in [1.82, 2.24) is 9.99 Å². The van der Waals surface area contributed by atoms with Crippen molar-refractivity contribution in [2.24, 2.45) is 5.10 Å². The number of aromatic nitrogens is 1. The number of hydrogen-bond donors (Lipinski definition) is 1. The van der Waals surface area contributed by atoms with E-state index >= 15 is 0 Å². The molecule has 0 radical (unpaired) electrons. The van der Waals surface area contributed by atoms with Gasteiger partial charge in [0.1, 0.15) is 0 Å². The van der Waals surface area contributed by atoms with Gasteiger partial charge in [-0.25, -0.2) is 5.43 Å². The maximum atomic E-state index is 12.1. The lowest BCUT2D eigenvalue weighted by molar-refractivity contribution is -0.385. The largest absolute Gasteiger partial charge is 0.477 e. The maximum Gasteiger partial charge on any atom is 0.310 e. The SMILES string of the molecule is O=C(COc1ccccc1[N+](=O)[O-])N/N=C/c1cn(Cc2ccccc2)c2ccccc12. The van der Waals surface area contributed by atoms with Gasteiger partial charge in [0.25, 0.3) is 5.91 Å². The van der Waals surface area contributed by atoms with Gasteiger partial charge in [-0.1, -0.05) is 60.7 Å². The molecule has 0 aliphatic rings. The average Bonchev–Trinajstić information content (AvgIpc) is 3.16. The van der Waals surface area contributed by atoms with Crippen LogP contribution in [0.3, 0.4) is 0 Å². The summed E-state index contributed by atoms with van der Waals surface area (Å²) in [6, 6.07) is 24.0. The van der Waals surface area contributed by atoms with Crippen LogP contribution in [0.25, 0.3) is 10.9 Å². The summed E-state index contributed by atoms with van der Waals surface area (Å²) in [5.74, 6) is -0.493. The third-order valence-corrected chi connectivity index (χ3v) is 4.83. The number of nitrogens with one attached hydrogen (secondary N) is 1. The molecule has 0 atom stereocenters. The number of benzene rings is 3.